The lowest BCUT2D eigenvalue weighted by atomic mass is 9.66. The molecule has 44 heavy (non-hydrogen) atoms. The van der Waals surface area contributed by atoms with Gasteiger partial charge >= 0.3 is 0 Å². The minimum atomic E-state index is 0.0481. The third kappa shape index (κ3) is 5.61. The minimum Gasteiger partial charge on any atom is -0.486 e. The molecule has 0 N–H and O–H groups in total. The summed E-state index contributed by atoms with van der Waals surface area (Å²) in [6, 6.07) is 20.1. The van der Waals surface area contributed by atoms with Crippen molar-refractivity contribution in [3.63, 3.8) is 0 Å². The summed E-state index contributed by atoms with van der Waals surface area (Å²) in [5.41, 5.74) is 9.10. The van der Waals surface area contributed by atoms with Gasteiger partial charge in [0.05, 0.1) is 0 Å². The third-order valence-corrected chi connectivity index (χ3v) is 9.74. The highest BCUT2D eigenvalue weighted by atomic mass is 16.5. The highest BCUT2D eigenvalue weighted by molar-refractivity contribution is 6.10. The molecule has 1 aromatic heterocycles. The fourth-order valence-corrected chi connectivity index (χ4v) is 6.73. The average Bonchev–Trinajstić information content (AvgIpc) is 3.27. The number of nitrogens with zero attached hydrogens (tertiary/aromatic N) is 3. The molecule has 4 aliphatic rings. The van der Waals surface area contributed by atoms with Crippen LogP contribution in [0.1, 0.15) is 81.2 Å². The number of aromatic nitrogens is 3. The summed E-state index contributed by atoms with van der Waals surface area (Å²) < 4.78 is 8.34. The van der Waals surface area contributed by atoms with Gasteiger partial charge in [-0.15, -0.1) is 5.10 Å². The zero-order valence-electron chi connectivity index (χ0n) is 26.0. The summed E-state index contributed by atoms with van der Waals surface area (Å²) in [4.78, 5) is 5.07. The molecular formula is C40H41N3O. The van der Waals surface area contributed by atoms with E-state index in [0.717, 1.165) is 42.2 Å². The second-order valence-corrected chi connectivity index (χ2v) is 12.9. The van der Waals surface area contributed by atoms with Crippen LogP contribution in [-0.4, -0.2) is 20.9 Å². The van der Waals surface area contributed by atoms with Crippen LogP contribution < -0.4 is 0 Å². The average molecular weight is 580 g/mol. The second kappa shape index (κ2) is 11.9. The Morgan fingerprint density at radius 1 is 0.886 bits per heavy atom. The van der Waals surface area contributed by atoms with Crippen LogP contribution in [0, 0.1) is 5.92 Å². The van der Waals surface area contributed by atoms with Gasteiger partial charge in [0.2, 0.25) is 0 Å². The van der Waals surface area contributed by atoms with Crippen molar-refractivity contribution < 1.29 is 4.74 Å². The topological polar surface area (TPSA) is 39.9 Å². The van der Waals surface area contributed by atoms with Gasteiger partial charge in [0.15, 0.2) is 5.82 Å². The molecule has 0 radical (unpaired) electrons. The van der Waals surface area contributed by atoms with E-state index in [4.69, 9.17) is 14.8 Å². The number of hydrogen-bond donors (Lipinski definition) is 0. The number of benzene rings is 2. The van der Waals surface area contributed by atoms with Crippen molar-refractivity contribution in [2.24, 2.45) is 5.92 Å². The zero-order valence-corrected chi connectivity index (χ0v) is 26.0. The Morgan fingerprint density at radius 3 is 2.43 bits per heavy atom. The normalized spacial score (nSPS) is 22.6. The lowest BCUT2D eigenvalue weighted by Gasteiger charge is -2.39. The summed E-state index contributed by atoms with van der Waals surface area (Å²) >= 11 is 0. The lowest BCUT2D eigenvalue weighted by molar-refractivity contribution is 0.133. The van der Waals surface area contributed by atoms with E-state index in [0.29, 0.717) is 11.3 Å². The summed E-state index contributed by atoms with van der Waals surface area (Å²) in [7, 11) is 0. The number of hydrogen-bond acceptors (Lipinski definition) is 3. The van der Waals surface area contributed by atoms with Gasteiger partial charge < -0.3 is 4.74 Å². The maximum absolute atomic E-state index is 6.33. The first-order valence-electron chi connectivity index (χ1n) is 16.1. The van der Waals surface area contributed by atoms with E-state index in [1.54, 1.807) is 0 Å². The molecule has 0 bridgehead atoms. The molecule has 1 fully saturated rings. The van der Waals surface area contributed by atoms with Gasteiger partial charge in [0.1, 0.15) is 17.7 Å². The van der Waals surface area contributed by atoms with Crippen LogP contribution in [0.15, 0.2) is 115 Å². The van der Waals surface area contributed by atoms with Crippen LogP contribution in [-0.2, 0) is 16.6 Å². The molecule has 0 saturated heterocycles. The van der Waals surface area contributed by atoms with Crippen LogP contribution >= 0.6 is 0 Å². The van der Waals surface area contributed by atoms with Crippen molar-refractivity contribution in [2.45, 2.75) is 70.8 Å². The predicted molar refractivity (Wildman–Crippen MR) is 181 cm³/mol. The highest BCUT2D eigenvalue weighted by Gasteiger charge is 2.33. The molecule has 3 aromatic rings. The first-order chi connectivity index (χ1) is 21.5. The van der Waals surface area contributed by atoms with Gasteiger partial charge in [-0.2, -0.15) is 0 Å². The Labute approximate surface area is 261 Å². The van der Waals surface area contributed by atoms with Crippen molar-refractivity contribution >= 4 is 22.9 Å². The largest absolute Gasteiger partial charge is 0.486 e. The van der Waals surface area contributed by atoms with E-state index in [9.17, 15) is 0 Å². The van der Waals surface area contributed by atoms with Crippen molar-refractivity contribution in [3.8, 4) is 0 Å². The number of fused-ring (bicyclic) bond motifs is 1. The molecule has 1 saturated carbocycles. The Morgan fingerprint density at radius 2 is 1.68 bits per heavy atom. The van der Waals surface area contributed by atoms with Crippen LogP contribution in [0.3, 0.4) is 0 Å². The molecule has 2 unspecified atom stereocenters. The fraction of sp³-hybridized carbons (Fsp3) is 0.300. The molecule has 1 aliphatic heterocycles. The zero-order chi connectivity index (χ0) is 30.1. The maximum Gasteiger partial charge on any atom is 0.181 e. The first-order valence-corrected chi connectivity index (χ1v) is 16.1. The molecular weight excluding hydrogens is 538 g/mol. The van der Waals surface area contributed by atoms with Crippen LogP contribution in [0.25, 0.3) is 22.9 Å². The first kappa shape index (κ1) is 28.3. The van der Waals surface area contributed by atoms with Gasteiger partial charge in [-0.25, -0.2) is 9.67 Å². The smallest absolute Gasteiger partial charge is 0.181 e. The van der Waals surface area contributed by atoms with Crippen molar-refractivity contribution in [1.29, 1.82) is 0 Å². The van der Waals surface area contributed by atoms with E-state index in [2.05, 4.69) is 130 Å². The molecule has 7 rings (SSSR count). The lowest BCUT2D eigenvalue weighted by Crippen LogP contribution is -2.30. The van der Waals surface area contributed by atoms with Crippen molar-refractivity contribution in [3.05, 3.63) is 143 Å². The van der Waals surface area contributed by atoms with E-state index in [1.165, 1.54) is 52.7 Å². The molecule has 2 aromatic carbocycles. The van der Waals surface area contributed by atoms with E-state index >= 15 is 0 Å². The van der Waals surface area contributed by atoms with Gasteiger partial charge in [-0.1, -0.05) is 105 Å². The number of allylic oxidation sites excluding steroid dienone is 10. The third-order valence-electron chi connectivity index (χ3n) is 9.74. The van der Waals surface area contributed by atoms with Gasteiger partial charge in [-0.05, 0) is 84.6 Å². The molecule has 3 aliphatic carbocycles. The predicted octanol–water partition coefficient (Wildman–Crippen LogP) is 9.51. The molecule has 2 heterocycles. The fourth-order valence-electron chi connectivity index (χ4n) is 6.73. The van der Waals surface area contributed by atoms with Crippen molar-refractivity contribution in [1.82, 2.24) is 14.8 Å². The summed E-state index contributed by atoms with van der Waals surface area (Å²) in [5, 5.41) is 5.07. The Bertz CT molecular complexity index is 1750. The van der Waals surface area contributed by atoms with E-state index in [-0.39, 0.29) is 6.10 Å². The van der Waals surface area contributed by atoms with Gasteiger partial charge in [0, 0.05) is 29.7 Å². The molecule has 0 amide bonds. The van der Waals surface area contributed by atoms with Crippen LogP contribution in [0.2, 0.25) is 0 Å². The summed E-state index contributed by atoms with van der Waals surface area (Å²) in [6.45, 7) is 6.87. The standard InChI is InChI=1S/C40H41N3O/c1-28-11-7-8-16-36(28)44-34-15-9-14-32(20-23-34)39-41-37-24-17-29(2)38(31-18-21-33(22-19-31)40(3)25-10-26-40)35(27-43(37)42-39)30-12-5-4-6-13-30/h4-8,11-16,18-23,27-28,36H,9-10,17,24-26H2,1-3H3. The molecule has 4 heteroatoms. The van der Waals surface area contributed by atoms with Gasteiger partial charge in [0.25, 0.3) is 0 Å². The Hall–Kier alpha value is -4.44. The monoisotopic (exact) mass is 579 g/mol. The van der Waals surface area contributed by atoms with E-state index < -0.39 is 0 Å². The summed E-state index contributed by atoms with van der Waals surface area (Å²) in [5.74, 6) is 2.97. The maximum atomic E-state index is 6.33. The second-order valence-electron chi connectivity index (χ2n) is 12.9. The molecule has 4 nitrogen and oxygen atoms in total. The SMILES string of the molecule is CC1=C(c2ccc(C3(C)CCC3)cc2)C(c2ccccc2)=Cn2nc(C3=CCC=C(OC4C=CC=CC4C)C=C3)nc2CC1. The summed E-state index contributed by atoms with van der Waals surface area (Å²) in [6.07, 6.45) is 25.6. The molecule has 222 valence electrons. The molecule has 0 spiro atoms. The number of rotatable bonds is 6. The minimum absolute atomic E-state index is 0.0481. The molecule has 2 atom stereocenters. The number of aryl methyl sites for hydroxylation is 1. The van der Waals surface area contributed by atoms with Crippen LogP contribution in [0.5, 0.6) is 0 Å². The number of ether oxygens (including phenoxy) is 1. The van der Waals surface area contributed by atoms with Crippen LogP contribution in [0.4, 0.5) is 0 Å². The van der Waals surface area contributed by atoms with E-state index in [1.807, 2.05) is 4.68 Å². The quantitative estimate of drug-likeness (QED) is 0.292. The van der Waals surface area contributed by atoms with Gasteiger partial charge in [-0.3, -0.25) is 0 Å². The Balaban J connectivity index is 1.21. The Kier molecular flexibility index (Phi) is 7.68. The highest BCUT2D eigenvalue weighted by Crippen LogP contribution is 2.44. The van der Waals surface area contributed by atoms with Crippen molar-refractivity contribution in [2.75, 3.05) is 0 Å².